The number of para-hydroxylation sites is 1. The molecule has 2 saturated heterocycles. The molecule has 3 aliphatic rings. The zero-order valence-corrected chi connectivity index (χ0v) is 26.2. The minimum atomic E-state index is -0.659. The molecule has 1 aromatic heterocycles. The van der Waals surface area contributed by atoms with Gasteiger partial charge in [-0.2, -0.15) is 0 Å². The van der Waals surface area contributed by atoms with E-state index in [2.05, 4.69) is 42.8 Å². The van der Waals surface area contributed by atoms with Crippen molar-refractivity contribution in [1.82, 2.24) is 14.8 Å². The number of hydrogen-bond donors (Lipinski definition) is 1. The van der Waals surface area contributed by atoms with Crippen molar-refractivity contribution in [3.8, 4) is 17.2 Å². The van der Waals surface area contributed by atoms with Crippen LogP contribution in [-0.4, -0.2) is 60.0 Å². The number of carbonyl (C=O) groups excluding carboxylic acids is 2. The molecule has 0 radical (unpaired) electrons. The van der Waals surface area contributed by atoms with E-state index in [9.17, 15) is 9.59 Å². The number of H-pyrrole nitrogens is 1. The van der Waals surface area contributed by atoms with Crippen LogP contribution in [0.15, 0.2) is 73.3 Å². The first-order valence-corrected chi connectivity index (χ1v) is 15.6. The van der Waals surface area contributed by atoms with E-state index < -0.39 is 18.1 Å². The number of aromatic amines is 1. The maximum absolute atomic E-state index is 14.9. The van der Waals surface area contributed by atoms with Gasteiger partial charge in [0.15, 0.2) is 11.5 Å². The van der Waals surface area contributed by atoms with E-state index in [0.717, 1.165) is 51.7 Å². The summed E-state index contributed by atoms with van der Waals surface area (Å²) in [5, 5.41) is 1.06. The molecule has 7 rings (SSSR count). The number of piperidine rings is 1. The summed E-state index contributed by atoms with van der Waals surface area (Å²) >= 11 is 0. The SMILES string of the molecule is C=CCc1cccc([C@@H]2[C@@H](C)CC[C@H]3C(=O)N4[C@@H](c5cc(OC)c(OC)c(OC)c5)c5[nH]c6ccccc6c5C[C@H]4C(=O)N23)c1. The lowest BCUT2D eigenvalue weighted by atomic mass is 9.77. The summed E-state index contributed by atoms with van der Waals surface area (Å²) in [5.41, 5.74) is 5.95. The molecule has 3 aromatic carbocycles. The predicted octanol–water partition coefficient (Wildman–Crippen LogP) is 6.15. The minimum absolute atomic E-state index is 0.00125. The van der Waals surface area contributed by atoms with Gasteiger partial charge in [0.2, 0.25) is 17.6 Å². The number of hydrogen-bond acceptors (Lipinski definition) is 5. The van der Waals surface area contributed by atoms with E-state index in [1.807, 2.05) is 52.3 Å². The Morgan fingerprint density at radius 1 is 0.867 bits per heavy atom. The summed E-state index contributed by atoms with van der Waals surface area (Å²) in [5.74, 6) is 1.65. The number of ether oxygens (including phenoxy) is 3. The topological polar surface area (TPSA) is 84.1 Å². The van der Waals surface area contributed by atoms with Crippen molar-refractivity contribution in [2.45, 2.75) is 56.8 Å². The van der Waals surface area contributed by atoms with Crippen molar-refractivity contribution >= 4 is 22.7 Å². The van der Waals surface area contributed by atoms with Crippen molar-refractivity contribution in [2.75, 3.05) is 21.3 Å². The van der Waals surface area contributed by atoms with Crippen molar-refractivity contribution in [3.05, 3.63) is 101 Å². The highest BCUT2D eigenvalue weighted by Gasteiger charge is 2.56. The van der Waals surface area contributed by atoms with Gasteiger partial charge in [-0.25, -0.2) is 0 Å². The first kappa shape index (κ1) is 29.0. The molecule has 4 aromatic rings. The zero-order chi connectivity index (χ0) is 31.4. The van der Waals surface area contributed by atoms with E-state index >= 15 is 0 Å². The van der Waals surface area contributed by atoms with Crippen molar-refractivity contribution in [1.29, 1.82) is 0 Å². The van der Waals surface area contributed by atoms with Crippen molar-refractivity contribution in [3.63, 3.8) is 0 Å². The fraction of sp³-hybridized carbons (Fsp3) is 0.351. The summed E-state index contributed by atoms with van der Waals surface area (Å²) in [6.45, 7) is 6.10. The first-order chi connectivity index (χ1) is 21.9. The lowest BCUT2D eigenvalue weighted by molar-refractivity contribution is -0.172. The number of nitrogens with one attached hydrogen (secondary N) is 1. The second-order valence-electron chi connectivity index (χ2n) is 12.4. The molecule has 8 nitrogen and oxygen atoms in total. The third-order valence-electron chi connectivity index (χ3n) is 9.96. The fourth-order valence-corrected chi connectivity index (χ4v) is 7.98. The molecule has 2 amide bonds. The highest BCUT2D eigenvalue weighted by atomic mass is 16.5. The van der Waals surface area contributed by atoms with Gasteiger partial charge in [-0.15, -0.1) is 6.58 Å². The molecule has 8 heteroatoms. The standard InChI is InChI=1S/C37H39N3O5/c1-6-10-22-11-9-12-23(17-22)33-21(2)15-16-28-36(41)40-29(37(42)39(28)33)20-26-25-13-7-8-14-27(25)38-32(26)34(40)24-18-30(43-3)35(45-5)31(19-24)44-4/h6-9,11-14,17-19,21,28-29,33-34,38H,1,10,15-16,20H2,2-5H3/t21-,28-,29-,33-,34-/m0/s1. The van der Waals surface area contributed by atoms with Gasteiger partial charge in [0.1, 0.15) is 12.1 Å². The molecule has 45 heavy (non-hydrogen) atoms. The zero-order valence-electron chi connectivity index (χ0n) is 26.2. The number of benzene rings is 3. The second-order valence-corrected chi connectivity index (χ2v) is 12.4. The quantitative estimate of drug-likeness (QED) is 0.256. The third-order valence-corrected chi connectivity index (χ3v) is 9.96. The number of piperazine rings is 1. The molecule has 0 bridgehead atoms. The molecule has 5 atom stereocenters. The van der Waals surface area contributed by atoms with Crippen LogP contribution in [0.4, 0.5) is 0 Å². The van der Waals surface area contributed by atoms with Crippen LogP contribution in [-0.2, 0) is 22.4 Å². The van der Waals surface area contributed by atoms with Gasteiger partial charge < -0.3 is 29.0 Å². The number of methoxy groups -OCH3 is 3. The number of nitrogens with zero attached hydrogens (tertiary/aromatic N) is 2. The number of aromatic nitrogens is 1. The largest absolute Gasteiger partial charge is 0.493 e. The van der Waals surface area contributed by atoms with E-state index in [4.69, 9.17) is 14.2 Å². The van der Waals surface area contributed by atoms with Gasteiger partial charge in [-0.05, 0) is 65.6 Å². The Balaban J connectivity index is 1.40. The van der Waals surface area contributed by atoms with Crippen molar-refractivity contribution < 1.29 is 23.8 Å². The van der Waals surface area contributed by atoms with Gasteiger partial charge in [0.05, 0.1) is 33.4 Å². The molecule has 0 aliphatic carbocycles. The van der Waals surface area contributed by atoms with E-state index in [0.29, 0.717) is 30.1 Å². The van der Waals surface area contributed by atoms with Gasteiger partial charge in [-0.1, -0.05) is 55.5 Å². The average Bonchev–Trinajstić information content (AvgIpc) is 3.44. The fourth-order valence-electron chi connectivity index (χ4n) is 7.98. The summed E-state index contributed by atoms with van der Waals surface area (Å²) in [7, 11) is 4.74. The van der Waals surface area contributed by atoms with Gasteiger partial charge in [-0.3, -0.25) is 9.59 Å². The molecule has 4 heterocycles. The first-order valence-electron chi connectivity index (χ1n) is 15.6. The molecule has 0 saturated carbocycles. The van der Waals surface area contributed by atoms with Crippen LogP contribution in [0.3, 0.4) is 0 Å². The Morgan fingerprint density at radius 3 is 2.31 bits per heavy atom. The summed E-state index contributed by atoms with van der Waals surface area (Å²) < 4.78 is 17.1. The number of carbonyl (C=O) groups is 2. The third kappa shape index (κ3) is 4.49. The second kappa shape index (κ2) is 11.3. The monoisotopic (exact) mass is 605 g/mol. The van der Waals surface area contributed by atoms with Gasteiger partial charge in [0.25, 0.3) is 0 Å². The average molecular weight is 606 g/mol. The van der Waals surface area contributed by atoms with Crippen LogP contribution in [0.1, 0.15) is 59.8 Å². The molecular weight excluding hydrogens is 566 g/mol. The molecule has 232 valence electrons. The Bertz CT molecular complexity index is 1790. The molecule has 1 N–H and O–H groups in total. The molecule has 0 spiro atoms. The van der Waals surface area contributed by atoms with E-state index in [1.165, 1.54) is 0 Å². The minimum Gasteiger partial charge on any atom is -0.493 e. The lowest BCUT2D eigenvalue weighted by Gasteiger charge is -2.55. The Kier molecular flexibility index (Phi) is 7.30. The van der Waals surface area contributed by atoms with Crippen LogP contribution in [0, 0.1) is 5.92 Å². The summed E-state index contributed by atoms with van der Waals surface area (Å²) in [6.07, 6.45) is 4.55. The number of fused-ring (bicyclic) bond motifs is 5. The smallest absolute Gasteiger partial charge is 0.246 e. The van der Waals surface area contributed by atoms with Gasteiger partial charge >= 0.3 is 0 Å². The van der Waals surface area contributed by atoms with Gasteiger partial charge in [0, 0.05) is 23.0 Å². The number of amides is 2. The van der Waals surface area contributed by atoms with Crippen LogP contribution in [0.2, 0.25) is 0 Å². The molecular formula is C37H39N3O5. The van der Waals surface area contributed by atoms with Crippen LogP contribution in [0.25, 0.3) is 10.9 Å². The van der Waals surface area contributed by atoms with Crippen LogP contribution in [0.5, 0.6) is 17.2 Å². The molecule has 0 unspecified atom stereocenters. The maximum Gasteiger partial charge on any atom is 0.246 e. The summed E-state index contributed by atoms with van der Waals surface area (Å²) in [4.78, 5) is 37.2. The Hall–Kier alpha value is -4.72. The number of rotatable bonds is 7. The predicted molar refractivity (Wildman–Crippen MR) is 173 cm³/mol. The van der Waals surface area contributed by atoms with E-state index in [-0.39, 0.29) is 23.8 Å². The Morgan fingerprint density at radius 2 is 1.60 bits per heavy atom. The van der Waals surface area contributed by atoms with Crippen LogP contribution < -0.4 is 14.2 Å². The highest BCUT2D eigenvalue weighted by molar-refractivity contribution is 6.00. The van der Waals surface area contributed by atoms with Crippen LogP contribution >= 0.6 is 0 Å². The normalized spacial score (nSPS) is 24.1. The molecule has 3 aliphatic heterocycles. The maximum atomic E-state index is 14.9. The van der Waals surface area contributed by atoms with E-state index in [1.54, 1.807) is 21.3 Å². The highest BCUT2D eigenvalue weighted by Crippen LogP contribution is 2.50. The Labute approximate surface area is 263 Å². The summed E-state index contributed by atoms with van der Waals surface area (Å²) in [6, 6.07) is 18.4. The number of allylic oxidation sites excluding steroid dienone is 1. The lowest BCUT2D eigenvalue weighted by Crippen LogP contribution is -2.69. The molecule has 2 fully saturated rings. The van der Waals surface area contributed by atoms with Crippen molar-refractivity contribution in [2.24, 2.45) is 5.92 Å².